The van der Waals surface area contributed by atoms with E-state index in [1.165, 1.54) is 7.11 Å². The van der Waals surface area contributed by atoms with Crippen molar-refractivity contribution in [2.75, 3.05) is 20.2 Å². The van der Waals surface area contributed by atoms with Gasteiger partial charge in [0.25, 0.3) is 0 Å². The Morgan fingerprint density at radius 3 is 2.62 bits per heavy atom. The summed E-state index contributed by atoms with van der Waals surface area (Å²) < 4.78 is 4.91. The van der Waals surface area contributed by atoms with Gasteiger partial charge in [0, 0.05) is 19.0 Å². The van der Waals surface area contributed by atoms with Crippen LogP contribution in [0.5, 0.6) is 0 Å². The lowest BCUT2D eigenvalue weighted by Crippen LogP contribution is -2.47. The molecule has 0 bridgehead atoms. The maximum Gasteiger partial charge on any atom is 0.313 e. The molecule has 2 rings (SSSR count). The fourth-order valence-electron chi connectivity index (χ4n) is 2.18. The fourth-order valence-corrected chi connectivity index (χ4v) is 2.18. The minimum Gasteiger partial charge on any atom is -0.469 e. The number of nitrogens with one attached hydrogen (secondary N) is 1. The molecule has 1 aromatic rings. The van der Waals surface area contributed by atoms with Crippen LogP contribution in [0.1, 0.15) is 17.0 Å². The molecule has 16 heavy (non-hydrogen) atoms. The van der Waals surface area contributed by atoms with Gasteiger partial charge in [-0.1, -0.05) is 24.3 Å². The van der Waals surface area contributed by atoms with E-state index >= 15 is 0 Å². The molecule has 1 aliphatic heterocycles. The molecule has 3 nitrogen and oxygen atoms in total. The minimum absolute atomic E-state index is 0.118. The smallest absolute Gasteiger partial charge is 0.313 e. The van der Waals surface area contributed by atoms with Crippen LogP contribution in [0, 0.1) is 12.8 Å². The second kappa shape index (κ2) is 4.66. The Balaban J connectivity index is 2.31. The third-order valence-corrected chi connectivity index (χ3v) is 3.26. The highest BCUT2D eigenvalue weighted by Gasteiger charge is 2.35. The first kappa shape index (κ1) is 11.1. The monoisotopic (exact) mass is 219 g/mol. The molecule has 0 radical (unpaired) electrons. The van der Waals surface area contributed by atoms with Crippen LogP contribution in [0.3, 0.4) is 0 Å². The third-order valence-electron chi connectivity index (χ3n) is 3.26. The largest absolute Gasteiger partial charge is 0.469 e. The summed E-state index contributed by atoms with van der Waals surface area (Å²) in [5, 5.41) is 3.20. The molecule has 1 fully saturated rings. The van der Waals surface area contributed by atoms with Crippen molar-refractivity contribution in [3.8, 4) is 0 Å². The first-order chi connectivity index (χ1) is 7.74. The van der Waals surface area contributed by atoms with Crippen LogP contribution in [0.2, 0.25) is 0 Å². The molecule has 1 atom stereocenters. The summed E-state index contributed by atoms with van der Waals surface area (Å²) >= 11 is 0. The van der Waals surface area contributed by atoms with Gasteiger partial charge in [-0.15, -0.1) is 0 Å². The molecule has 86 valence electrons. The molecule has 0 aliphatic carbocycles. The van der Waals surface area contributed by atoms with E-state index in [2.05, 4.69) is 5.32 Å². The number of aryl methyl sites for hydroxylation is 1. The van der Waals surface area contributed by atoms with Gasteiger partial charge in [0.2, 0.25) is 0 Å². The van der Waals surface area contributed by atoms with Crippen molar-refractivity contribution in [1.82, 2.24) is 5.32 Å². The highest BCUT2D eigenvalue weighted by atomic mass is 16.5. The molecule has 1 saturated heterocycles. The van der Waals surface area contributed by atoms with Crippen LogP contribution >= 0.6 is 0 Å². The second-order valence-corrected chi connectivity index (χ2v) is 4.28. The van der Waals surface area contributed by atoms with Gasteiger partial charge in [0.05, 0.1) is 13.0 Å². The number of hydrogen-bond donors (Lipinski definition) is 1. The molecule has 0 saturated carbocycles. The topological polar surface area (TPSA) is 38.3 Å². The molecule has 0 spiro atoms. The summed E-state index contributed by atoms with van der Waals surface area (Å²) in [7, 11) is 1.46. The molecule has 1 unspecified atom stereocenters. The first-order valence-electron chi connectivity index (χ1n) is 5.58. The quantitative estimate of drug-likeness (QED) is 0.782. The Kier molecular flexibility index (Phi) is 3.25. The minimum atomic E-state index is -0.124. The van der Waals surface area contributed by atoms with E-state index in [4.69, 9.17) is 4.74 Å². The molecule has 0 aromatic heterocycles. The zero-order valence-electron chi connectivity index (χ0n) is 9.69. The summed E-state index contributed by atoms with van der Waals surface area (Å²) in [6.45, 7) is 3.83. The lowest BCUT2D eigenvalue weighted by Gasteiger charge is -2.33. The van der Waals surface area contributed by atoms with Gasteiger partial charge in [-0.25, -0.2) is 0 Å². The highest BCUT2D eigenvalue weighted by molar-refractivity contribution is 5.79. The average molecular weight is 219 g/mol. The normalized spacial score (nSPS) is 17.6. The standard InChI is InChI=1S/C13H17NO2/c1-9-5-3-4-6-11(9)12(13(15)16-2)10-7-14-8-10/h3-6,10,12,14H,7-8H2,1-2H3. The molecule has 1 heterocycles. The molecule has 3 heteroatoms. The Morgan fingerprint density at radius 2 is 2.12 bits per heavy atom. The fraction of sp³-hybridized carbons (Fsp3) is 0.462. The lowest BCUT2D eigenvalue weighted by atomic mass is 9.80. The van der Waals surface area contributed by atoms with E-state index in [0.29, 0.717) is 5.92 Å². The van der Waals surface area contributed by atoms with Crippen molar-refractivity contribution in [1.29, 1.82) is 0 Å². The maximum absolute atomic E-state index is 11.8. The number of carbonyl (C=O) groups excluding carboxylic acids is 1. The van der Waals surface area contributed by atoms with E-state index in [1.807, 2.05) is 31.2 Å². The van der Waals surface area contributed by atoms with Crippen molar-refractivity contribution in [2.24, 2.45) is 5.92 Å². The summed E-state index contributed by atoms with van der Waals surface area (Å²) in [6, 6.07) is 8.03. The summed E-state index contributed by atoms with van der Waals surface area (Å²) in [5.41, 5.74) is 2.26. The summed E-state index contributed by atoms with van der Waals surface area (Å²) in [6.07, 6.45) is 0. The zero-order valence-corrected chi connectivity index (χ0v) is 9.69. The highest BCUT2D eigenvalue weighted by Crippen LogP contribution is 2.30. The number of benzene rings is 1. The second-order valence-electron chi connectivity index (χ2n) is 4.28. The zero-order chi connectivity index (χ0) is 11.5. The number of esters is 1. The van der Waals surface area contributed by atoms with Crippen LogP contribution in [-0.2, 0) is 9.53 Å². The van der Waals surface area contributed by atoms with Crippen molar-refractivity contribution in [3.63, 3.8) is 0 Å². The van der Waals surface area contributed by atoms with Gasteiger partial charge in [-0.3, -0.25) is 4.79 Å². The predicted molar refractivity (Wildman–Crippen MR) is 62.3 cm³/mol. The number of ether oxygens (including phenoxy) is 1. The Labute approximate surface area is 95.8 Å². The van der Waals surface area contributed by atoms with Gasteiger partial charge in [0.1, 0.15) is 0 Å². The third kappa shape index (κ3) is 1.95. The Bertz CT molecular complexity index is 385. The van der Waals surface area contributed by atoms with Gasteiger partial charge in [0.15, 0.2) is 0 Å². The first-order valence-corrected chi connectivity index (χ1v) is 5.58. The van der Waals surface area contributed by atoms with Crippen molar-refractivity contribution in [3.05, 3.63) is 35.4 Å². The van der Waals surface area contributed by atoms with Crippen LogP contribution in [-0.4, -0.2) is 26.2 Å². The Morgan fingerprint density at radius 1 is 1.44 bits per heavy atom. The molecule has 1 aliphatic rings. The Hall–Kier alpha value is -1.35. The molecular formula is C13H17NO2. The van der Waals surface area contributed by atoms with Crippen LogP contribution in [0.4, 0.5) is 0 Å². The van der Waals surface area contributed by atoms with Crippen molar-refractivity contribution >= 4 is 5.97 Å². The van der Waals surface area contributed by atoms with Gasteiger partial charge >= 0.3 is 5.97 Å². The number of rotatable bonds is 3. The van der Waals surface area contributed by atoms with E-state index in [1.54, 1.807) is 0 Å². The average Bonchev–Trinajstić information content (AvgIpc) is 2.23. The summed E-state index contributed by atoms with van der Waals surface area (Å²) in [5.74, 6) is 0.127. The van der Waals surface area contributed by atoms with E-state index in [9.17, 15) is 4.79 Å². The molecular weight excluding hydrogens is 202 g/mol. The van der Waals surface area contributed by atoms with Crippen molar-refractivity contribution in [2.45, 2.75) is 12.8 Å². The SMILES string of the molecule is COC(=O)C(c1ccccc1C)C1CNC1. The number of methoxy groups -OCH3 is 1. The molecule has 1 aromatic carbocycles. The van der Waals surface area contributed by atoms with Crippen LogP contribution in [0.15, 0.2) is 24.3 Å². The van der Waals surface area contributed by atoms with E-state index < -0.39 is 0 Å². The summed E-state index contributed by atoms with van der Waals surface area (Å²) in [4.78, 5) is 11.8. The van der Waals surface area contributed by atoms with E-state index in [-0.39, 0.29) is 11.9 Å². The van der Waals surface area contributed by atoms with Crippen LogP contribution < -0.4 is 5.32 Å². The molecule has 0 amide bonds. The van der Waals surface area contributed by atoms with Gasteiger partial charge in [-0.05, 0) is 18.1 Å². The van der Waals surface area contributed by atoms with Crippen molar-refractivity contribution < 1.29 is 9.53 Å². The maximum atomic E-state index is 11.8. The van der Waals surface area contributed by atoms with Crippen LogP contribution in [0.25, 0.3) is 0 Å². The van der Waals surface area contributed by atoms with E-state index in [0.717, 1.165) is 24.2 Å². The number of hydrogen-bond acceptors (Lipinski definition) is 3. The lowest BCUT2D eigenvalue weighted by molar-refractivity contribution is -0.144. The predicted octanol–water partition coefficient (Wildman–Crippen LogP) is 1.47. The number of carbonyl (C=O) groups is 1. The van der Waals surface area contributed by atoms with Gasteiger partial charge in [-0.2, -0.15) is 0 Å². The molecule has 1 N–H and O–H groups in total. The van der Waals surface area contributed by atoms with Gasteiger partial charge < -0.3 is 10.1 Å².